The molecule has 1 fully saturated rings. The van der Waals surface area contributed by atoms with E-state index in [0.717, 1.165) is 17.0 Å². The maximum absolute atomic E-state index is 12.5. The summed E-state index contributed by atoms with van der Waals surface area (Å²) in [6, 6.07) is 14.7. The first-order valence-electron chi connectivity index (χ1n) is 8.55. The van der Waals surface area contributed by atoms with Crippen molar-refractivity contribution in [2.45, 2.75) is 12.8 Å². The van der Waals surface area contributed by atoms with E-state index < -0.39 is 18.1 Å². The van der Waals surface area contributed by atoms with E-state index in [1.807, 2.05) is 41.3 Å². The second kappa shape index (κ2) is 7.00. The van der Waals surface area contributed by atoms with Gasteiger partial charge in [0.05, 0.1) is 7.11 Å². The van der Waals surface area contributed by atoms with Gasteiger partial charge in [-0.3, -0.25) is 9.69 Å². The maximum atomic E-state index is 12.5. The Morgan fingerprint density at radius 2 is 1.74 bits per heavy atom. The SMILES string of the molecule is COc1ccc(N2CCN3C(=O)C(=O)[N+](Cc4ccc(Cl)cc4)=NC32)cc1. The number of amides is 2. The molecule has 2 amide bonds. The fourth-order valence-electron chi connectivity index (χ4n) is 3.27. The van der Waals surface area contributed by atoms with Crippen molar-refractivity contribution in [1.29, 1.82) is 0 Å². The zero-order valence-electron chi connectivity index (χ0n) is 14.7. The lowest BCUT2D eigenvalue weighted by molar-refractivity contribution is -0.534. The standard InChI is InChI=1S/C19H18ClN4O3/c1-27-16-8-6-15(7-9-16)22-10-11-23-17(25)18(26)24(21-19(22)23)12-13-2-4-14(20)5-3-13/h2-9,19H,10-12H2,1H3/q+1. The van der Waals surface area contributed by atoms with Crippen molar-refractivity contribution in [1.82, 2.24) is 4.90 Å². The number of rotatable bonds is 4. The summed E-state index contributed by atoms with van der Waals surface area (Å²) in [7, 11) is 1.61. The first-order valence-corrected chi connectivity index (χ1v) is 8.93. The average molecular weight is 386 g/mol. The van der Waals surface area contributed by atoms with Crippen molar-refractivity contribution in [2.75, 3.05) is 25.1 Å². The predicted molar refractivity (Wildman–Crippen MR) is 98.7 cm³/mol. The number of fused-ring (bicyclic) bond motifs is 1. The van der Waals surface area contributed by atoms with Gasteiger partial charge >= 0.3 is 11.8 Å². The van der Waals surface area contributed by atoms with E-state index in [2.05, 4.69) is 5.11 Å². The average Bonchev–Trinajstić information content (AvgIpc) is 3.11. The molecule has 0 aliphatic carbocycles. The Hall–Kier alpha value is -2.93. The van der Waals surface area contributed by atoms with E-state index in [1.54, 1.807) is 19.2 Å². The quantitative estimate of drug-likeness (QED) is 0.599. The van der Waals surface area contributed by atoms with Crippen LogP contribution >= 0.6 is 11.6 Å². The molecule has 2 aromatic carbocycles. The van der Waals surface area contributed by atoms with Gasteiger partial charge in [-0.2, -0.15) is 0 Å². The molecule has 0 N–H and O–H groups in total. The number of hydrogen-bond acceptors (Lipinski definition) is 5. The lowest BCUT2D eigenvalue weighted by atomic mass is 10.2. The fourth-order valence-corrected chi connectivity index (χ4v) is 3.39. The topological polar surface area (TPSA) is 65.2 Å². The largest absolute Gasteiger partial charge is 0.502 e. The van der Waals surface area contributed by atoms with Crippen LogP contribution in [-0.2, 0) is 16.1 Å². The third-order valence-corrected chi connectivity index (χ3v) is 4.96. The van der Waals surface area contributed by atoms with Crippen molar-refractivity contribution in [3.8, 4) is 5.75 Å². The molecule has 7 nitrogen and oxygen atoms in total. The first-order chi connectivity index (χ1) is 13.1. The highest BCUT2D eigenvalue weighted by molar-refractivity contribution is 6.31. The van der Waals surface area contributed by atoms with Crippen LogP contribution in [0.15, 0.2) is 53.6 Å². The summed E-state index contributed by atoms with van der Waals surface area (Å²) in [5, 5.41) is 5.16. The molecule has 4 rings (SSSR count). The Morgan fingerprint density at radius 3 is 2.41 bits per heavy atom. The van der Waals surface area contributed by atoms with Gasteiger partial charge in [0, 0.05) is 34.5 Å². The molecule has 0 aromatic heterocycles. The van der Waals surface area contributed by atoms with Crippen LogP contribution in [-0.4, -0.2) is 47.9 Å². The zero-order chi connectivity index (χ0) is 19.0. The molecule has 2 heterocycles. The fraction of sp³-hybridized carbons (Fsp3) is 0.263. The molecule has 1 unspecified atom stereocenters. The number of nitrogens with zero attached hydrogens (tertiary/aromatic N) is 4. The van der Waals surface area contributed by atoms with Crippen LogP contribution in [0.4, 0.5) is 5.69 Å². The third kappa shape index (κ3) is 3.26. The molecule has 1 saturated heterocycles. The van der Waals surface area contributed by atoms with Gasteiger partial charge < -0.3 is 9.64 Å². The Bertz CT molecular complexity index is 912. The molecule has 0 spiro atoms. The second-order valence-corrected chi connectivity index (χ2v) is 6.78. The van der Waals surface area contributed by atoms with Crippen molar-refractivity contribution >= 4 is 29.1 Å². The van der Waals surface area contributed by atoms with Crippen LogP contribution < -0.4 is 9.64 Å². The number of ether oxygens (including phenoxy) is 1. The Kier molecular flexibility index (Phi) is 4.53. The number of halogens is 1. The monoisotopic (exact) mass is 385 g/mol. The summed E-state index contributed by atoms with van der Waals surface area (Å²) < 4.78 is 6.44. The van der Waals surface area contributed by atoms with Crippen molar-refractivity contribution in [3.05, 3.63) is 59.1 Å². The van der Waals surface area contributed by atoms with Gasteiger partial charge in [-0.1, -0.05) is 23.7 Å². The number of carbonyl (C=O) groups is 2. The molecule has 1 atom stereocenters. The molecule has 0 saturated carbocycles. The lowest BCUT2D eigenvalue weighted by Gasteiger charge is -2.27. The van der Waals surface area contributed by atoms with Crippen LogP contribution in [0.5, 0.6) is 5.75 Å². The number of carbonyl (C=O) groups excluding carboxylic acids is 2. The molecule has 2 aliphatic rings. The van der Waals surface area contributed by atoms with Gasteiger partial charge in [0.15, 0.2) is 0 Å². The molecular weight excluding hydrogens is 368 g/mol. The highest BCUT2D eigenvalue weighted by Crippen LogP contribution is 2.28. The van der Waals surface area contributed by atoms with Crippen LogP contribution in [0.25, 0.3) is 0 Å². The summed E-state index contributed by atoms with van der Waals surface area (Å²) in [5.74, 6) is -0.385. The Morgan fingerprint density at radius 1 is 1.07 bits per heavy atom. The van der Waals surface area contributed by atoms with E-state index >= 15 is 0 Å². The molecule has 27 heavy (non-hydrogen) atoms. The zero-order valence-corrected chi connectivity index (χ0v) is 15.5. The minimum absolute atomic E-state index is 0.225. The Labute approximate surface area is 161 Å². The van der Waals surface area contributed by atoms with Crippen LogP contribution in [0.1, 0.15) is 5.56 Å². The second-order valence-electron chi connectivity index (χ2n) is 6.34. The number of anilines is 1. The molecule has 0 bridgehead atoms. The summed E-state index contributed by atoms with van der Waals surface area (Å²) >= 11 is 5.91. The van der Waals surface area contributed by atoms with Gasteiger partial charge in [-0.05, 0) is 41.1 Å². The Balaban J connectivity index is 1.63. The summed E-state index contributed by atoms with van der Waals surface area (Å²) in [4.78, 5) is 28.5. The van der Waals surface area contributed by atoms with Gasteiger partial charge in [0.1, 0.15) is 5.75 Å². The predicted octanol–water partition coefficient (Wildman–Crippen LogP) is 2.49. The van der Waals surface area contributed by atoms with Gasteiger partial charge in [0.2, 0.25) is 6.54 Å². The van der Waals surface area contributed by atoms with Gasteiger partial charge in [-0.25, -0.2) is 4.79 Å². The van der Waals surface area contributed by atoms with E-state index in [0.29, 0.717) is 18.1 Å². The van der Waals surface area contributed by atoms with Gasteiger partial charge in [-0.15, -0.1) is 0 Å². The molecule has 2 aromatic rings. The smallest absolute Gasteiger partial charge is 0.497 e. The third-order valence-electron chi connectivity index (χ3n) is 4.71. The van der Waals surface area contributed by atoms with Crippen molar-refractivity contribution < 1.29 is 19.0 Å². The summed E-state index contributed by atoms with van der Waals surface area (Å²) in [6.07, 6.45) is -0.532. The maximum Gasteiger partial charge on any atom is 0.502 e. The highest BCUT2D eigenvalue weighted by Gasteiger charge is 2.49. The van der Waals surface area contributed by atoms with Crippen LogP contribution in [0.3, 0.4) is 0 Å². The molecule has 8 heteroatoms. The van der Waals surface area contributed by atoms with E-state index in [4.69, 9.17) is 16.3 Å². The number of methoxy groups -OCH3 is 1. The minimum Gasteiger partial charge on any atom is -0.497 e. The number of benzene rings is 2. The molecule has 0 radical (unpaired) electrons. The number of hydrogen-bond donors (Lipinski definition) is 0. The normalized spacial score (nSPS) is 19.2. The molecule has 2 aliphatic heterocycles. The highest BCUT2D eigenvalue weighted by atomic mass is 35.5. The van der Waals surface area contributed by atoms with E-state index in [9.17, 15) is 9.59 Å². The lowest BCUT2D eigenvalue weighted by Crippen LogP contribution is -2.51. The van der Waals surface area contributed by atoms with E-state index in [1.165, 1.54) is 9.60 Å². The number of azo groups is 2. The van der Waals surface area contributed by atoms with Crippen molar-refractivity contribution in [2.24, 2.45) is 5.11 Å². The summed E-state index contributed by atoms with van der Waals surface area (Å²) in [5.41, 5.74) is 1.77. The van der Waals surface area contributed by atoms with Crippen molar-refractivity contribution in [3.63, 3.8) is 0 Å². The van der Waals surface area contributed by atoms with Crippen LogP contribution in [0.2, 0.25) is 5.02 Å². The van der Waals surface area contributed by atoms with Gasteiger partial charge in [0.25, 0.3) is 6.29 Å². The molecular formula is C19H18ClN4O3+. The van der Waals surface area contributed by atoms with Crippen LogP contribution in [0, 0.1) is 0 Å². The molecule has 138 valence electrons. The minimum atomic E-state index is -0.613. The first kappa shape index (κ1) is 17.5. The van der Waals surface area contributed by atoms with E-state index in [-0.39, 0.29) is 6.54 Å². The summed E-state index contributed by atoms with van der Waals surface area (Å²) in [6.45, 7) is 1.29.